The van der Waals surface area contributed by atoms with Crippen LogP contribution in [-0.4, -0.2) is 47.7 Å². The van der Waals surface area contributed by atoms with E-state index in [2.05, 4.69) is 11.4 Å². The van der Waals surface area contributed by atoms with Crippen molar-refractivity contribution in [1.82, 2.24) is 10.2 Å². The molecule has 1 amide bonds. The number of allylic oxidation sites excluding steroid dienone is 1. The maximum Gasteiger partial charge on any atom is 0.234 e. The van der Waals surface area contributed by atoms with Crippen LogP contribution in [0.3, 0.4) is 0 Å². The lowest BCUT2D eigenvalue weighted by molar-refractivity contribution is -0.130. The molecule has 1 fully saturated rings. The smallest absolute Gasteiger partial charge is 0.234 e. The van der Waals surface area contributed by atoms with Crippen LogP contribution in [0, 0.1) is 0 Å². The second-order valence-electron chi connectivity index (χ2n) is 5.85. The minimum absolute atomic E-state index is 0.0712. The minimum Gasteiger partial charge on any atom is -0.388 e. The van der Waals surface area contributed by atoms with Crippen molar-refractivity contribution in [2.24, 2.45) is 0 Å². The number of carbonyl (C=O) groups excluding carboxylic acids is 1. The molecule has 0 aromatic rings. The summed E-state index contributed by atoms with van der Waals surface area (Å²) < 4.78 is 0. The molecule has 0 aromatic carbocycles. The predicted molar refractivity (Wildman–Crippen MR) is 71.2 cm³/mol. The molecule has 0 aromatic heterocycles. The molecule has 1 saturated heterocycles. The molecule has 0 atom stereocenters. The van der Waals surface area contributed by atoms with Gasteiger partial charge in [0.15, 0.2) is 0 Å². The lowest BCUT2D eigenvalue weighted by atomic mass is 9.97. The Morgan fingerprint density at radius 3 is 2.89 bits per heavy atom. The van der Waals surface area contributed by atoms with Crippen LogP contribution < -0.4 is 5.32 Å². The number of nitrogens with zero attached hydrogens (tertiary/aromatic N) is 1. The van der Waals surface area contributed by atoms with Gasteiger partial charge in [-0.25, -0.2) is 0 Å². The maximum atomic E-state index is 11.6. The van der Waals surface area contributed by atoms with Gasteiger partial charge in [0.05, 0.1) is 12.1 Å². The number of hydrogen-bond donors (Lipinski definition) is 2. The topological polar surface area (TPSA) is 52.6 Å². The van der Waals surface area contributed by atoms with Crippen molar-refractivity contribution in [3.8, 4) is 0 Å². The zero-order chi connectivity index (χ0) is 13.0. The molecule has 0 radical (unpaired) electrons. The molecule has 0 saturated carbocycles. The van der Waals surface area contributed by atoms with E-state index in [9.17, 15) is 9.90 Å². The summed E-state index contributed by atoms with van der Waals surface area (Å²) in [5.74, 6) is 0.0712. The average molecular weight is 252 g/mol. The van der Waals surface area contributed by atoms with Gasteiger partial charge in [-0.05, 0) is 39.0 Å². The molecule has 4 heteroatoms. The predicted octanol–water partition coefficient (Wildman–Crippen LogP) is 1.06. The summed E-state index contributed by atoms with van der Waals surface area (Å²) in [4.78, 5) is 13.6. The summed E-state index contributed by atoms with van der Waals surface area (Å²) in [7, 11) is 0. The summed E-state index contributed by atoms with van der Waals surface area (Å²) in [5, 5.41) is 12.5. The molecule has 18 heavy (non-hydrogen) atoms. The average Bonchev–Trinajstić information content (AvgIpc) is 2.28. The molecule has 1 aliphatic carbocycles. The van der Waals surface area contributed by atoms with E-state index < -0.39 is 5.60 Å². The standard InChI is InChI=1S/C14H24N2O2/c1-14(18)10-16(11-14)9-13(17)15-8-7-12-5-3-2-4-6-12/h5,18H,2-4,6-11H2,1H3,(H,15,17). The first-order valence-corrected chi connectivity index (χ1v) is 6.94. The number of carbonyl (C=O) groups is 1. The fraction of sp³-hybridized carbons (Fsp3) is 0.786. The molecule has 2 rings (SSSR count). The van der Waals surface area contributed by atoms with Crippen LogP contribution in [0.4, 0.5) is 0 Å². The van der Waals surface area contributed by atoms with Crippen LogP contribution in [-0.2, 0) is 4.79 Å². The van der Waals surface area contributed by atoms with E-state index >= 15 is 0 Å². The van der Waals surface area contributed by atoms with Gasteiger partial charge in [-0.3, -0.25) is 9.69 Å². The first kappa shape index (κ1) is 13.6. The zero-order valence-electron chi connectivity index (χ0n) is 11.2. The van der Waals surface area contributed by atoms with Gasteiger partial charge < -0.3 is 10.4 Å². The van der Waals surface area contributed by atoms with Crippen LogP contribution in [0.1, 0.15) is 39.0 Å². The summed E-state index contributed by atoms with van der Waals surface area (Å²) in [6.45, 7) is 4.16. The van der Waals surface area contributed by atoms with Crippen molar-refractivity contribution >= 4 is 5.91 Å². The summed E-state index contributed by atoms with van der Waals surface area (Å²) in [5.41, 5.74) is 0.904. The van der Waals surface area contributed by atoms with Crippen LogP contribution in [0.15, 0.2) is 11.6 Å². The highest BCUT2D eigenvalue weighted by atomic mass is 16.3. The van der Waals surface area contributed by atoms with Crippen LogP contribution in [0.25, 0.3) is 0 Å². The fourth-order valence-electron chi connectivity index (χ4n) is 2.78. The van der Waals surface area contributed by atoms with Crippen LogP contribution >= 0.6 is 0 Å². The van der Waals surface area contributed by atoms with Crippen molar-refractivity contribution in [2.45, 2.75) is 44.6 Å². The summed E-state index contributed by atoms with van der Waals surface area (Å²) in [6, 6.07) is 0. The number of nitrogens with one attached hydrogen (secondary N) is 1. The van der Waals surface area contributed by atoms with Gasteiger partial charge in [-0.2, -0.15) is 0 Å². The number of rotatable bonds is 5. The zero-order valence-corrected chi connectivity index (χ0v) is 11.2. The Morgan fingerprint density at radius 2 is 2.28 bits per heavy atom. The van der Waals surface area contributed by atoms with Gasteiger partial charge in [-0.1, -0.05) is 11.6 Å². The van der Waals surface area contributed by atoms with Gasteiger partial charge in [0.1, 0.15) is 0 Å². The van der Waals surface area contributed by atoms with Crippen LogP contribution in [0.5, 0.6) is 0 Å². The van der Waals surface area contributed by atoms with Crippen molar-refractivity contribution in [3.05, 3.63) is 11.6 Å². The monoisotopic (exact) mass is 252 g/mol. The molecule has 1 heterocycles. The maximum absolute atomic E-state index is 11.6. The van der Waals surface area contributed by atoms with Crippen LogP contribution in [0.2, 0.25) is 0 Å². The highest BCUT2D eigenvalue weighted by Crippen LogP contribution is 2.20. The Morgan fingerprint density at radius 1 is 1.50 bits per heavy atom. The van der Waals surface area contributed by atoms with Gasteiger partial charge >= 0.3 is 0 Å². The number of likely N-dealkylation sites (tertiary alicyclic amines) is 1. The molecule has 0 unspecified atom stereocenters. The van der Waals surface area contributed by atoms with E-state index in [1.165, 1.54) is 31.3 Å². The third kappa shape index (κ3) is 4.10. The SMILES string of the molecule is CC1(O)CN(CC(=O)NCCC2=CCCCC2)C1. The molecule has 4 nitrogen and oxygen atoms in total. The van der Waals surface area contributed by atoms with E-state index in [1.54, 1.807) is 6.92 Å². The van der Waals surface area contributed by atoms with E-state index in [-0.39, 0.29) is 5.91 Å². The molecule has 0 bridgehead atoms. The second kappa shape index (κ2) is 5.85. The molecular formula is C14H24N2O2. The molecule has 102 valence electrons. The number of amides is 1. The molecule has 0 spiro atoms. The second-order valence-corrected chi connectivity index (χ2v) is 5.85. The van der Waals surface area contributed by atoms with Gasteiger partial charge in [0.2, 0.25) is 5.91 Å². The Kier molecular flexibility index (Phi) is 4.40. The number of aliphatic hydroxyl groups is 1. The highest BCUT2D eigenvalue weighted by molar-refractivity contribution is 5.78. The lowest BCUT2D eigenvalue weighted by Gasteiger charge is -2.43. The Hall–Kier alpha value is -0.870. The summed E-state index contributed by atoms with van der Waals surface area (Å²) >= 11 is 0. The lowest BCUT2D eigenvalue weighted by Crippen LogP contribution is -2.61. The number of hydrogen-bond acceptors (Lipinski definition) is 3. The first-order chi connectivity index (χ1) is 8.55. The van der Waals surface area contributed by atoms with E-state index in [4.69, 9.17) is 0 Å². The van der Waals surface area contributed by atoms with Gasteiger partial charge in [-0.15, -0.1) is 0 Å². The van der Waals surface area contributed by atoms with E-state index in [0.29, 0.717) is 19.6 Å². The minimum atomic E-state index is -0.590. The molecule has 2 N–H and O–H groups in total. The Balaban J connectivity index is 1.56. The first-order valence-electron chi connectivity index (χ1n) is 6.94. The molecule has 1 aliphatic heterocycles. The quantitative estimate of drug-likeness (QED) is 0.719. The van der Waals surface area contributed by atoms with Crippen molar-refractivity contribution in [1.29, 1.82) is 0 Å². The highest BCUT2D eigenvalue weighted by Gasteiger charge is 2.36. The van der Waals surface area contributed by atoms with Crippen molar-refractivity contribution in [3.63, 3.8) is 0 Å². The molecule has 2 aliphatic rings. The normalized spacial score (nSPS) is 23.1. The van der Waals surface area contributed by atoms with E-state index in [0.717, 1.165) is 13.0 Å². The third-order valence-corrected chi connectivity index (χ3v) is 3.65. The van der Waals surface area contributed by atoms with E-state index in [1.807, 2.05) is 4.90 Å². The fourth-order valence-corrected chi connectivity index (χ4v) is 2.78. The van der Waals surface area contributed by atoms with Crippen molar-refractivity contribution < 1.29 is 9.90 Å². The van der Waals surface area contributed by atoms with Gasteiger partial charge in [0.25, 0.3) is 0 Å². The Bertz CT molecular complexity index is 329. The van der Waals surface area contributed by atoms with Gasteiger partial charge in [0, 0.05) is 19.6 Å². The largest absolute Gasteiger partial charge is 0.388 e. The third-order valence-electron chi connectivity index (χ3n) is 3.65. The van der Waals surface area contributed by atoms with Crippen molar-refractivity contribution in [2.75, 3.05) is 26.2 Å². The number of β-amino-alcohol motifs (C(OH)–C–C–N with tert-alkyl or cyclic N) is 1. The molecular weight excluding hydrogens is 228 g/mol. The Labute approximate surface area is 109 Å². The summed E-state index contributed by atoms with van der Waals surface area (Å²) in [6.07, 6.45) is 8.32.